The van der Waals surface area contributed by atoms with Crippen molar-refractivity contribution in [1.82, 2.24) is 0 Å². The first-order valence-electron chi connectivity index (χ1n) is 22.7. The molecule has 10 aliphatic rings. The highest BCUT2D eigenvalue weighted by molar-refractivity contribution is 5.91. The summed E-state index contributed by atoms with van der Waals surface area (Å²) in [6.45, 7) is 16.1. The number of esters is 4. The van der Waals surface area contributed by atoms with E-state index in [4.69, 9.17) is 37.9 Å². The predicted octanol–water partition coefficient (Wildman–Crippen LogP) is 6.42. The van der Waals surface area contributed by atoms with Crippen LogP contribution in [0.25, 0.3) is 0 Å². The van der Waals surface area contributed by atoms with Crippen molar-refractivity contribution in [2.24, 2.45) is 40.9 Å². The van der Waals surface area contributed by atoms with Crippen LogP contribution in [0.2, 0.25) is 0 Å². The summed E-state index contributed by atoms with van der Waals surface area (Å²) >= 11 is 0. The number of hydrogen-bond acceptors (Lipinski definition) is 12. The maximum Gasteiger partial charge on any atom is 0.317 e. The van der Waals surface area contributed by atoms with E-state index in [0.29, 0.717) is 26.1 Å². The summed E-state index contributed by atoms with van der Waals surface area (Å²) < 4.78 is 50.3. The Hall–Kier alpha value is -3.06. The largest absolute Gasteiger partial charge is 0.462 e. The average Bonchev–Trinajstić information content (AvgIpc) is 4.13. The predicted molar refractivity (Wildman–Crippen MR) is 210 cm³/mol. The second-order valence-corrected chi connectivity index (χ2v) is 20.3. The zero-order chi connectivity index (χ0) is 41.4. The summed E-state index contributed by atoms with van der Waals surface area (Å²) in [7, 11) is 0. The van der Waals surface area contributed by atoms with Crippen LogP contribution in [0.3, 0.4) is 0 Å². The molecule has 322 valence electrons. The molecule has 12 heteroatoms. The molecule has 4 saturated heterocycles. The molecule has 0 aromatic carbocycles. The minimum Gasteiger partial charge on any atom is -0.462 e. The van der Waals surface area contributed by atoms with Crippen LogP contribution in [0.5, 0.6) is 0 Å². The van der Waals surface area contributed by atoms with Crippen LogP contribution >= 0.6 is 0 Å². The fourth-order valence-corrected chi connectivity index (χ4v) is 13.6. The van der Waals surface area contributed by atoms with Gasteiger partial charge in [0.1, 0.15) is 48.1 Å². The van der Waals surface area contributed by atoms with Crippen molar-refractivity contribution < 1.29 is 57.1 Å². The maximum absolute atomic E-state index is 13.8. The van der Waals surface area contributed by atoms with E-state index < -0.39 is 59.4 Å². The van der Waals surface area contributed by atoms with E-state index in [-0.39, 0.29) is 77.7 Å². The number of ether oxygens (including phenoxy) is 8. The monoisotopic (exact) mass is 818 g/mol. The highest BCUT2D eigenvalue weighted by Gasteiger charge is 3.01. The fraction of sp³-hybridized carbons (Fsp3) is 0.787. The number of cyclic esters (lactones) is 1. The smallest absolute Gasteiger partial charge is 0.317 e. The molecule has 10 rings (SSSR count). The van der Waals surface area contributed by atoms with Gasteiger partial charge in [-0.3, -0.25) is 19.2 Å². The summed E-state index contributed by atoms with van der Waals surface area (Å²) in [4.78, 5) is 53.2. The molecule has 0 radical (unpaired) electrons. The summed E-state index contributed by atoms with van der Waals surface area (Å²) in [5.74, 6) is -1.37. The number of carbonyl (C=O) groups excluding carboxylic acids is 4. The van der Waals surface area contributed by atoms with Crippen LogP contribution in [0, 0.1) is 40.9 Å². The number of hydrogen-bond donors (Lipinski definition) is 0. The summed E-state index contributed by atoms with van der Waals surface area (Å²) in [5, 5.41) is 0. The molecule has 0 aromatic rings. The van der Waals surface area contributed by atoms with E-state index in [9.17, 15) is 19.2 Å². The lowest BCUT2D eigenvalue weighted by atomic mass is 9.46. The lowest BCUT2D eigenvalue weighted by Gasteiger charge is -2.54. The Bertz CT molecular complexity index is 1920. The van der Waals surface area contributed by atoms with Gasteiger partial charge in [0.05, 0.1) is 31.7 Å². The average molecular weight is 819 g/mol. The molecule has 0 N–H and O–H groups in total. The van der Waals surface area contributed by atoms with Gasteiger partial charge in [0, 0.05) is 17.8 Å². The Balaban J connectivity index is 0.792. The van der Waals surface area contributed by atoms with Crippen LogP contribution in [0.4, 0.5) is 0 Å². The quantitative estimate of drug-likeness (QED) is 0.0744. The number of fused-ring (bicyclic) bond motifs is 5. The van der Waals surface area contributed by atoms with Crippen molar-refractivity contribution in [3.63, 3.8) is 0 Å². The Morgan fingerprint density at radius 3 is 2.54 bits per heavy atom. The molecule has 2 spiro atoms. The third kappa shape index (κ3) is 5.80. The topological polar surface area (TPSA) is 152 Å². The molecule has 6 fully saturated rings. The number of carbonyl (C=O) groups is 4. The molecule has 2 saturated carbocycles. The summed E-state index contributed by atoms with van der Waals surface area (Å²) in [6, 6.07) is 0. The summed E-state index contributed by atoms with van der Waals surface area (Å²) in [6.07, 6.45) is 8.00. The molecule has 5 aliphatic heterocycles. The van der Waals surface area contributed by atoms with Gasteiger partial charge in [0.2, 0.25) is 0 Å². The van der Waals surface area contributed by atoms with E-state index in [1.165, 1.54) is 22.3 Å². The second-order valence-electron chi connectivity index (χ2n) is 20.3. The van der Waals surface area contributed by atoms with Crippen LogP contribution < -0.4 is 0 Å². The zero-order valence-corrected chi connectivity index (χ0v) is 35.8. The van der Waals surface area contributed by atoms with E-state index in [2.05, 4.69) is 46.8 Å². The number of epoxide rings is 3. The van der Waals surface area contributed by atoms with E-state index in [1.807, 2.05) is 13.8 Å². The molecule has 0 aromatic heterocycles. The molecule has 5 aliphatic carbocycles. The van der Waals surface area contributed by atoms with Gasteiger partial charge in [0.25, 0.3) is 0 Å². The summed E-state index contributed by atoms with van der Waals surface area (Å²) in [5.41, 5.74) is 2.92. The third-order valence-electron chi connectivity index (χ3n) is 17.0. The number of allylic oxidation sites excluding steroid dienone is 3. The zero-order valence-electron chi connectivity index (χ0n) is 35.8. The Kier molecular flexibility index (Phi) is 9.49. The SMILES string of the molecule is CCC(C)C(=O)OC1CCC(C)=C2C=CC(C)C(CCC3CC(OC(=O)CC(=O)OC4C5(C(C)C)OC5C5OC56C5(C)CCC7=C(COC7)C5CC5OC546)CC(=O)O3)C21. The molecule has 12 nitrogen and oxygen atoms in total. The van der Waals surface area contributed by atoms with Crippen LogP contribution in [-0.4, -0.2) is 96.6 Å². The van der Waals surface area contributed by atoms with Gasteiger partial charge >= 0.3 is 23.9 Å². The van der Waals surface area contributed by atoms with Crippen LogP contribution in [0.1, 0.15) is 119 Å². The normalized spacial score (nSPS) is 46.3. The van der Waals surface area contributed by atoms with Gasteiger partial charge in [-0.05, 0) is 98.7 Å². The van der Waals surface area contributed by atoms with Crippen LogP contribution in [0.15, 0.2) is 34.4 Å². The van der Waals surface area contributed by atoms with Gasteiger partial charge in [-0.25, -0.2) is 0 Å². The highest BCUT2D eigenvalue weighted by atomic mass is 16.8. The Morgan fingerprint density at radius 2 is 1.76 bits per heavy atom. The molecule has 59 heavy (non-hydrogen) atoms. The lowest BCUT2D eigenvalue weighted by molar-refractivity contribution is -0.177. The van der Waals surface area contributed by atoms with Crippen molar-refractivity contribution in [2.45, 2.75) is 179 Å². The van der Waals surface area contributed by atoms with E-state index in [0.717, 1.165) is 44.9 Å². The molecule has 5 heterocycles. The molecule has 16 atom stereocenters. The first-order valence-corrected chi connectivity index (χ1v) is 22.7. The van der Waals surface area contributed by atoms with Crippen molar-refractivity contribution in [3.05, 3.63) is 34.4 Å². The van der Waals surface area contributed by atoms with E-state index in [1.54, 1.807) is 0 Å². The number of rotatable bonds is 11. The molecule has 16 unspecified atom stereocenters. The fourth-order valence-electron chi connectivity index (χ4n) is 13.6. The molecule has 0 bridgehead atoms. The van der Waals surface area contributed by atoms with Gasteiger partial charge in [0.15, 0.2) is 11.7 Å². The first-order chi connectivity index (χ1) is 28.2. The minimum absolute atomic E-state index is 0.0151. The Morgan fingerprint density at radius 1 is 0.966 bits per heavy atom. The van der Waals surface area contributed by atoms with Gasteiger partial charge in [-0.15, -0.1) is 0 Å². The van der Waals surface area contributed by atoms with Crippen molar-refractivity contribution in [3.8, 4) is 0 Å². The highest BCUT2D eigenvalue weighted by Crippen LogP contribution is 2.83. The Labute approximate surface area is 347 Å². The first kappa shape index (κ1) is 40.0. The molecular formula is C47H62O12. The van der Waals surface area contributed by atoms with Crippen molar-refractivity contribution >= 4 is 23.9 Å². The van der Waals surface area contributed by atoms with E-state index >= 15 is 0 Å². The van der Waals surface area contributed by atoms with Crippen LogP contribution in [-0.2, 0) is 57.1 Å². The molecular weight excluding hydrogens is 757 g/mol. The standard InChI is InChI=1S/C47H62O12/c1-8-24(4)42(51)55-34-14-10-26(6)30-12-9-25(5)31(39(30)34)13-11-28-17-29(18-36(48)53-28)54-37(49)20-38(50)56-43-45(23(2)3)40(58-45)41-47(59-41)44(7)16-15-27-21-52-22-32(27)33(44)19-35-46(43,47)57-35/h9,12,23-25,28-29,31,33-35,39-41,43H,8,10-11,13-22H2,1-7H3. The second kappa shape index (κ2) is 14.0. The lowest BCUT2D eigenvalue weighted by Crippen LogP contribution is -2.70. The van der Waals surface area contributed by atoms with Crippen molar-refractivity contribution in [1.29, 1.82) is 0 Å². The molecule has 0 amide bonds. The van der Waals surface area contributed by atoms with Gasteiger partial charge in [-0.2, -0.15) is 0 Å². The van der Waals surface area contributed by atoms with Gasteiger partial charge in [-0.1, -0.05) is 59.3 Å². The third-order valence-corrected chi connectivity index (χ3v) is 17.0. The minimum atomic E-state index is -0.842. The van der Waals surface area contributed by atoms with Crippen molar-refractivity contribution in [2.75, 3.05) is 13.2 Å². The van der Waals surface area contributed by atoms with Gasteiger partial charge < -0.3 is 37.9 Å². The maximum atomic E-state index is 13.8.